The molecule has 2 aromatic carbocycles. The molecule has 0 radical (unpaired) electrons. The molecule has 18 heavy (non-hydrogen) atoms. The van der Waals surface area contributed by atoms with Crippen LogP contribution in [0.3, 0.4) is 0 Å². The van der Waals surface area contributed by atoms with Gasteiger partial charge >= 0.3 is 0 Å². The predicted octanol–water partition coefficient (Wildman–Crippen LogP) is 4.96. The summed E-state index contributed by atoms with van der Waals surface area (Å²) in [6.07, 6.45) is 0. The van der Waals surface area contributed by atoms with Crippen LogP contribution in [0, 0.1) is 18.6 Å². The SMILES string of the molecule is Cc1ccc(F)cc1Oc1c(F)cccc1CBr. The Morgan fingerprint density at radius 2 is 1.94 bits per heavy atom. The fraction of sp³-hybridized carbons (Fsp3) is 0.143. The van der Waals surface area contributed by atoms with Gasteiger partial charge in [-0.15, -0.1) is 0 Å². The van der Waals surface area contributed by atoms with Gasteiger partial charge in [0, 0.05) is 17.0 Å². The monoisotopic (exact) mass is 312 g/mol. The van der Waals surface area contributed by atoms with Gasteiger partial charge in [-0.05, 0) is 24.6 Å². The molecule has 0 amide bonds. The number of ether oxygens (including phenoxy) is 1. The van der Waals surface area contributed by atoms with Crippen LogP contribution in [0.5, 0.6) is 11.5 Å². The molecular weight excluding hydrogens is 302 g/mol. The highest BCUT2D eigenvalue weighted by atomic mass is 79.9. The third-order valence-corrected chi connectivity index (χ3v) is 3.16. The highest BCUT2D eigenvalue weighted by Gasteiger charge is 2.12. The van der Waals surface area contributed by atoms with Crippen LogP contribution in [0.25, 0.3) is 0 Å². The first-order chi connectivity index (χ1) is 8.61. The summed E-state index contributed by atoms with van der Waals surface area (Å²) in [5.41, 5.74) is 1.43. The van der Waals surface area contributed by atoms with Crippen LogP contribution in [0.4, 0.5) is 8.78 Å². The average molecular weight is 313 g/mol. The predicted molar refractivity (Wildman–Crippen MR) is 70.2 cm³/mol. The molecule has 0 aromatic heterocycles. The lowest BCUT2D eigenvalue weighted by atomic mass is 10.2. The zero-order chi connectivity index (χ0) is 13.1. The minimum Gasteiger partial charge on any atom is -0.454 e. The Labute approximate surface area is 113 Å². The zero-order valence-corrected chi connectivity index (χ0v) is 11.3. The molecule has 1 nitrogen and oxygen atoms in total. The molecule has 0 aliphatic rings. The summed E-state index contributed by atoms with van der Waals surface area (Å²) in [7, 11) is 0. The maximum Gasteiger partial charge on any atom is 0.167 e. The Bertz CT molecular complexity index is 570. The number of hydrogen-bond donors (Lipinski definition) is 0. The van der Waals surface area contributed by atoms with Crippen LogP contribution in [-0.2, 0) is 5.33 Å². The second-order valence-corrected chi connectivity index (χ2v) is 4.43. The van der Waals surface area contributed by atoms with Gasteiger partial charge in [0.25, 0.3) is 0 Å². The molecule has 0 saturated heterocycles. The van der Waals surface area contributed by atoms with Crippen molar-refractivity contribution < 1.29 is 13.5 Å². The summed E-state index contributed by atoms with van der Waals surface area (Å²) in [4.78, 5) is 0. The molecule has 0 atom stereocenters. The molecule has 0 saturated carbocycles. The second kappa shape index (κ2) is 5.48. The van der Waals surface area contributed by atoms with Gasteiger partial charge in [-0.25, -0.2) is 8.78 Å². The number of rotatable bonds is 3. The van der Waals surface area contributed by atoms with Gasteiger partial charge in [0.1, 0.15) is 11.6 Å². The number of para-hydroxylation sites is 1. The number of aryl methyl sites for hydroxylation is 1. The van der Waals surface area contributed by atoms with Crippen LogP contribution >= 0.6 is 15.9 Å². The molecule has 0 N–H and O–H groups in total. The maximum atomic E-state index is 13.7. The van der Waals surface area contributed by atoms with Crippen molar-refractivity contribution in [2.45, 2.75) is 12.3 Å². The lowest BCUT2D eigenvalue weighted by Gasteiger charge is -2.12. The minimum atomic E-state index is -0.462. The van der Waals surface area contributed by atoms with Crippen molar-refractivity contribution in [3.8, 4) is 11.5 Å². The van der Waals surface area contributed by atoms with Crippen molar-refractivity contribution in [2.24, 2.45) is 0 Å². The molecule has 0 aliphatic carbocycles. The largest absolute Gasteiger partial charge is 0.454 e. The Morgan fingerprint density at radius 1 is 1.17 bits per heavy atom. The molecule has 2 aromatic rings. The van der Waals surface area contributed by atoms with E-state index in [0.29, 0.717) is 16.6 Å². The number of benzene rings is 2. The van der Waals surface area contributed by atoms with Gasteiger partial charge in [-0.2, -0.15) is 0 Å². The van der Waals surface area contributed by atoms with Crippen LogP contribution in [0.2, 0.25) is 0 Å². The zero-order valence-electron chi connectivity index (χ0n) is 9.71. The number of halogens is 3. The van der Waals surface area contributed by atoms with Crippen molar-refractivity contribution >= 4 is 15.9 Å². The van der Waals surface area contributed by atoms with Crippen LogP contribution in [0.1, 0.15) is 11.1 Å². The van der Waals surface area contributed by atoms with Crippen LogP contribution < -0.4 is 4.74 Å². The normalized spacial score (nSPS) is 10.4. The molecule has 0 aliphatic heterocycles. The Morgan fingerprint density at radius 3 is 2.67 bits per heavy atom. The summed E-state index contributed by atoms with van der Waals surface area (Å²) in [5.74, 6) is -0.423. The van der Waals surface area contributed by atoms with Crippen molar-refractivity contribution in [1.82, 2.24) is 0 Å². The highest BCUT2D eigenvalue weighted by Crippen LogP contribution is 2.31. The van der Waals surface area contributed by atoms with E-state index in [1.165, 1.54) is 18.2 Å². The smallest absolute Gasteiger partial charge is 0.167 e. The average Bonchev–Trinajstić information content (AvgIpc) is 2.36. The van der Waals surface area contributed by atoms with Crippen molar-refractivity contribution in [2.75, 3.05) is 0 Å². The maximum absolute atomic E-state index is 13.7. The molecule has 2 rings (SSSR count). The molecule has 0 fully saturated rings. The first-order valence-electron chi connectivity index (χ1n) is 5.39. The first kappa shape index (κ1) is 13.0. The van der Waals surface area contributed by atoms with Gasteiger partial charge in [0.15, 0.2) is 11.6 Å². The van der Waals surface area contributed by atoms with Crippen molar-refractivity contribution in [1.29, 1.82) is 0 Å². The third kappa shape index (κ3) is 2.70. The van der Waals surface area contributed by atoms with E-state index < -0.39 is 11.6 Å². The van der Waals surface area contributed by atoms with Gasteiger partial charge in [-0.1, -0.05) is 34.1 Å². The molecule has 0 bridgehead atoms. The molecule has 94 valence electrons. The lowest BCUT2D eigenvalue weighted by Crippen LogP contribution is -1.95. The summed E-state index contributed by atoms with van der Waals surface area (Å²) in [6.45, 7) is 1.78. The summed E-state index contributed by atoms with van der Waals surface area (Å²) in [5, 5.41) is 0.467. The topological polar surface area (TPSA) is 9.23 Å². The molecule has 4 heteroatoms. The molecule has 0 spiro atoms. The van der Waals surface area contributed by atoms with Gasteiger partial charge < -0.3 is 4.74 Å². The standard InChI is InChI=1S/C14H11BrF2O/c1-9-5-6-11(16)7-13(9)18-14-10(8-15)3-2-4-12(14)17/h2-7H,8H2,1H3. The molecule has 0 unspecified atom stereocenters. The Kier molecular flexibility index (Phi) is 3.97. The van der Waals surface area contributed by atoms with E-state index in [9.17, 15) is 8.78 Å². The Balaban J connectivity index is 2.42. The van der Waals surface area contributed by atoms with E-state index in [2.05, 4.69) is 15.9 Å². The van der Waals surface area contributed by atoms with E-state index in [1.54, 1.807) is 25.1 Å². The van der Waals surface area contributed by atoms with E-state index >= 15 is 0 Å². The van der Waals surface area contributed by atoms with Gasteiger partial charge in [0.05, 0.1) is 0 Å². The number of alkyl halides is 1. The third-order valence-electron chi connectivity index (χ3n) is 2.55. The van der Waals surface area contributed by atoms with Crippen molar-refractivity contribution in [3.05, 3.63) is 59.2 Å². The lowest BCUT2D eigenvalue weighted by molar-refractivity contribution is 0.432. The van der Waals surface area contributed by atoms with E-state index in [-0.39, 0.29) is 5.75 Å². The van der Waals surface area contributed by atoms with Gasteiger partial charge in [-0.3, -0.25) is 0 Å². The van der Waals surface area contributed by atoms with E-state index in [0.717, 1.165) is 5.56 Å². The molecule has 0 heterocycles. The molecular formula is C14H11BrF2O. The number of hydrogen-bond acceptors (Lipinski definition) is 1. The fourth-order valence-corrected chi connectivity index (χ4v) is 2.01. The summed E-state index contributed by atoms with van der Waals surface area (Å²) in [6, 6.07) is 8.86. The van der Waals surface area contributed by atoms with Crippen LogP contribution in [0.15, 0.2) is 36.4 Å². The van der Waals surface area contributed by atoms with Gasteiger partial charge in [0.2, 0.25) is 0 Å². The second-order valence-electron chi connectivity index (χ2n) is 3.87. The summed E-state index contributed by atoms with van der Waals surface area (Å²) >= 11 is 3.27. The highest BCUT2D eigenvalue weighted by molar-refractivity contribution is 9.08. The van der Waals surface area contributed by atoms with E-state index in [4.69, 9.17) is 4.74 Å². The summed E-state index contributed by atoms with van der Waals surface area (Å²) < 4.78 is 32.4. The Hall–Kier alpha value is -1.42. The van der Waals surface area contributed by atoms with E-state index in [1.807, 2.05) is 0 Å². The first-order valence-corrected chi connectivity index (χ1v) is 6.51. The fourth-order valence-electron chi connectivity index (χ4n) is 1.57. The quantitative estimate of drug-likeness (QED) is 0.728. The minimum absolute atomic E-state index is 0.128. The van der Waals surface area contributed by atoms with Crippen molar-refractivity contribution in [3.63, 3.8) is 0 Å². The van der Waals surface area contributed by atoms with Crippen LogP contribution in [-0.4, -0.2) is 0 Å².